The minimum absolute atomic E-state index is 0.0992. The molecular formula is C15H22N2O3. The number of aliphatic carboxylic acids is 1. The number of benzene rings is 1. The van der Waals surface area contributed by atoms with Gasteiger partial charge in [-0.25, -0.2) is 4.79 Å². The first-order valence-corrected chi connectivity index (χ1v) is 6.94. The third-order valence-corrected chi connectivity index (χ3v) is 2.87. The monoisotopic (exact) mass is 278 g/mol. The van der Waals surface area contributed by atoms with Gasteiger partial charge in [-0.15, -0.1) is 0 Å². The summed E-state index contributed by atoms with van der Waals surface area (Å²) in [6.45, 7) is 5.43. The van der Waals surface area contributed by atoms with E-state index in [4.69, 9.17) is 5.11 Å². The number of carboxylic acid groups (broad SMARTS) is 1. The van der Waals surface area contributed by atoms with E-state index in [1.54, 1.807) is 29.2 Å². The summed E-state index contributed by atoms with van der Waals surface area (Å²) in [5.41, 5.74) is 1.18. The van der Waals surface area contributed by atoms with Gasteiger partial charge in [0, 0.05) is 18.8 Å². The highest BCUT2D eigenvalue weighted by atomic mass is 16.4. The number of rotatable bonds is 7. The lowest BCUT2D eigenvalue weighted by atomic mass is 10.1. The van der Waals surface area contributed by atoms with Crippen LogP contribution in [0.5, 0.6) is 0 Å². The smallest absolute Gasteiger partial charge is 0.321 e. The summed E-state index contributed by atoms with van der Waals surface area (Å²) >= 11 is 0. The van der Waals surface area contributed by atoms with Crippen LogP contribution in [0.25, 0.3) is 0 Å². The van der Waals surface area contributed by atoms with Crippen LogP contribution in [-0.2, 0) is 11.2 Å². The SMILES string of the molecule is CCCN(CCC)C(=O)Nc1ccccc1CC(=O)O. The Morgan fingerprint density at radius 1 is 1.15 bits per heavy atom. The molecule has 0 saturated heterocycles. The molecule has 0 unspecified atom stereocenters. The fraction of sp³-hybridized carbons (Fsp3) is 0.467. The first kappa shape index (κ1) is 16.0. The molecule has 0 aliphatic carbocycles. The molecule has 1 aromatic rings. The van der Waals surface area contributed by atoms with Crippen molar-refractivity contribution in [2.75, 3.05) is 18.4 Å². The van der Waals surface area contributed by atoms with Crippen molar-refractivity contribution in [2.24, 2.45) is 0 Å². The second-order valence-electron chi connectivity index (χ2n) is 4.64. The van der Waals surface area contributed by atoms with Crippen molar-refractivity contribution < 1.29 is 14.7 Å². The second kappa shape index (κ2) is 8.19. The molecule has 1 aromatic carbocycles. The van der Waals surface area contributed by atoms with Crippen molar-refractivity contribution in [2.45, 2.75) is 33.1 Å². The van der Waals surface area contributed by atoms with Crippen LogP contribution in [0.15, 0.2) is 24.3 Å². The zero-order valence-corrected chi connectivity index (χ0v) is 12.1. The van der Waals surface area contributed by atoms with Gasteiger partial charge >= 0.3 is 12.0 Å². The Labute approximate surface area is 119 Å². The van der Waals surface area contributed by atoms with Gasteiger partial charge in [-0.2, -0.15) is 0 Å². The predicted molar refractivity (Wildman–Crippen MR) is 79.0 cm³/mol. The zero-order valence-electron chi connectivity index (χ0n) is 12.1. The molecule has 0 heterocycles. The Morgan fingerprint density at radius 3 is 2.30 bits per heavy atom. The lowest BCUT2D eigenvalue weighted by molar-refractivity contribution is -0.136. The Bertz CT molecular complexity index is 454. The summed E-state index contributed by atoms with van der Waals surface area (Å²) in [7, 11) is 0. The first-order valence-electron chi connectivity index (χ1n) is 6.94. The van der Waals surface area contributed by atoms with Crippen molar-refractivity contribution >= 4 is 17.7 Å². The highest BCUT2D eigenvalue weighted by Gasteiger charge is 2.14. The summed E-state index contributed by atoms with van der Waals surface area (Å²) in [4.78, 5) is 24.8. The maximum atomic E-state index is 12.2. The molecule has 2 N–H and O–H groups in total. The van der Waals surface area contributed by atoms with Crippen LogP contribution in [-0.4, -0.2) is 35.1 Å². The van der Waals surface area contributed by atoms with Gasteiger partial charge in [0.1, 0.15) is 0 Å². The van der Waals surface area contributed by atoms with E-state index in [1.165, 1.54) is 0 Å². The number of carboxylic acids is 1. The van der Waals surface area contributed by atoms with Gasteiger partial charge < -0.3 is 15.3 Å². The lowest BCUT2D eigenvalue weighted by Crippen LogP contribution is -2.36. The van der Waals surface area contributed by atoms with E-state index in [2.05, 4.69) is 5.32 Å². The molecule has 0 bridgehead atoms. The number of carbonyl (C=O) groups excluding carboxylic acids is 1. The molecule has 2 amide bonds. The van der Waals surface area contributed by atoms with Gasteiger partial charge in [0.2, 0.25) is 0 Å². The molecule has 0 aliphatic rings. The Hall–Kier alpha value is -2.04. The molecule has 1 rings (SSSR count). The number of amides is 2. The summed E-state index contributed by atoms with van der Waals surface area (Å²) in [6.07, 6.45) is 1.69. The van der Waals surface area contributed by atoms with E-state index in [0.717, 1.165) is 12.8 Å². The van der Waals surface area contributed by atoms with Crippen LogP contribution >= 0.6 is 0 Å². The molecule has 0 atom stereocenters. The molecule has 0 saturated carbocycles. The van der Waals surface area contributed by atoms with E-state index in [0.29, 0.717) is 24.3 Å². The summed E-state index contributed by atoms with van der Waals surface area (Å²) in [5.74, 6) is -0.911. The highest BCUT2D eigenvalue weighted by Crippen LogP contribution is 2.16. The third-order valence-electron chi connectivity index (χ3n) is 2.87. The Balaban J connectivity index is 2.80. The number of urea groups is 1. The molecular weight excluding hydrogens is 256 g/mol. The molecule has 0 radical (unpaired) electrons. The second-order valence-corrected chi connectivity index (χ2v) is 4.64. The number of hydrogen-bond donors (Lipinski definition) is 2. The van der Waals surface area contributed by atoms with E-state index >= 15 is 0 Å². The van der Waals surface area contributed by atoms with Crippen molar-refractivity contribution in [3.8, 4) is 0 Å². The highest BCUT2D eigenvalue weighted by molar-refractivity contribution is 5.91. The van der Waals surface area contributed by atoms with Gasteiger partial charge in [-0.3, -0.25) is 4.79 Å². The summed E-state index contributed by atoms with van der Waals surface area (Å²) < 4.78 is 0. The molecule has 110 valence electrons. The number of para-hydroxylation sites is 1. The largest absolute Gasteiger partial charge is 0.481 e. The lowest BCUT2D eigenvalue weighted by Gasteiger charge is -2.22. The van der Waals surface area contributed by atoms with Crippen molar-refractivity contribution in [1.29, 1.82) is 0 Å². The Kier molecular flexibility index (Phi) is 6.56. The maximum Gasteiger partial charge on any atom is 0.321 e. The van der Waals surface area contributed by atoms with Crippen LogP contribution in [0.2, 0.25) is 0 Å². The van der Waals surface area contributed by atoms with Gasteiger partial charge in [0.25, 0.3) is 0 Å². The number of hydrogen-bond acceptors (Lipinski definition) is 2. The van der Waals surface area contributed by atoms with E-state index in [9.17, 15) is 9.59 Å². The quantitative estimate of drug-likeness (QED) is 0.805. The first-order chi connectivity index (χ1) is 9.58. The standard InChI is InChI=1S/C15H22N2O3/c1-3-9-17(10-4-2)15(20)16-13-8-6-5-7-12(13)11-14(18)19/h5-8H,3-4,9-11H2,1-2H3,(H,16,20)(H,18,19). The third kappa shape index (κ3) is 4.91. The number of nitrogens with one attached hydrogen (secondary N) is 1. The van der Waals surface area contributed by atoms with Crippen LogP contribution in [0.3, 0.4) is 0 Å². The van der Waals surface area contributed by atoms with E-state index in [-0.39, 0.29) is 12.5 Å². The number of nitrogens with zero attached hydrogens (tertiary/aromatic N) is 1. The molecule has 5 heteroatoms. The molecule has 0 aliphatic heterocycles. The molecule has 5 nitrogen and oxygen atoms in total. The van der Waals surface area contributed by atoms with Crippen molar-refractivity contribution in [1.82, 2.24) is 4.90 Å². The topological polar surface area (TPSA) is 69.6 Å². The summed E-state index contributed by atoms with van der Waals surface area (Å²) in [5, 5.41) is 11.7. The summed E-state index contributed by atoms with van der Waals surface area (Å²) in [6, 6.07) is 6.82. The normalized spacial score (nSPS) is 10.1. The van der Waals surface area contributed by atoms with E-state index in [1.807, 2.05) is 13.8 Å². The molecule has 0 aromatic heterocycles. The number of anilines is 1. The number of carbonyl (C=O) groups is 2. The zero-order chi connectivity index (χ0) is 15.0. The van der Waals surface area contributed by atoms with Gasteiger partial charge in [0.05, 0.1) is 6.42 Å². The van der Waals surface area contributed by atoms with Gasteiger partial charge in [-0.1, -0.05) is 32.0 Å². The average Bonchev–Trinajstić information content (AvgIpc) is 2.40. The fourth-order valence-corrected chi connectivity index (χ4v) is 2.01. The molecule has 0 fully saturated rings. The minimum Gasteiger partial charge on any atom is -0.481 e. The minimum atomic E-state index is -0.911. The molecule has 0 spiro atoms. The predicted octanol–water partition coefficient (Wildman–Crippen LogP) is 2.97. The van der Waals surface area contributed by atoms with Gasteiger partial charge in [0.15, 0.2) is 0 Å². The van der Waals surface area contributed by atoms with Crippen LogP contribution in [0, 0.1) is 0 Å². The van der Waals surface area contributed by atoms with Crippen molar-refractivity contribution in [3.63, 3.8) is 0 Å². The van der Waals surface area contributed by atoms with Gasteiger partial charge in [-0.05, 0) is 24.5 Å². The van der Waals surface area contributed by atoms with Crippen molar-refractivity contribution in [3.05, 3.63) is 29.8 Å². The molecule has 20 heavy (non-hydrogen) atoms. The van der Waals surface area contributed by atoms with Crippen LogP contribution in [0.1, 0.15) is 32.3 Å². The maximum absolute atomic E-state index is 12.2. The average molecular weight is 278 g/mol. The van der Waals surface area contributed by atoms with Crippen LogP contribution in [0.4, 0.5) is 10.5 Å². The fourth-order valence-electron chi connectivity index (χ4n) is 2.01. The van der Waals surface area contributed by atoms with Crippen LogP contribution < -0.4 is 5.32 Å². The van der Waals surface area contributed by atoms with E-state index < -0.39 is 5.97 Å². The Morgan fingerprint density at radius 2 is 1.75 bits per heavy atom.